The van der Waals surface area contributed by atoms with Gasteiger partial charge in [0.15, 0.2) is 0 Å². The summed E-state index contributed by atoms with van der Waals surface area (Å²) in [5.74, 6) is -0.380. The number of amides is 2. The molecule has 2 amide bonds. The highest BCUT2D eigenvalue weighted by molar-refractivity contribution is 5.96. The minimum Gasteiger partial charge on any atom is -0.447 e. The molecule has 0 spiro atoms. The molecule has 1 aliphatic rings. The number of hydrogen-bond donors (Lipinski definition) is 0. The molecule has 2 aromatic rings. The van der Waals surface area contributed by atoms with Crippen LogP contribution in [-0.4, -0.2) is 35.7 Å². The van der Waals surface area contributed by atoms with E-state index in [1.807, 2.05) is 60.7 Å². The van der Waals surface area contributed by atoms with Crippen molar-refractivity contribution >= 4 is 12.0 Å². The van der Waals surface area contributed by atoms with E-state index in [4.69, 9.17) is 9.47 Å². The number of cyclic esters (lactones) is 1. The Kier molecular flexibility index (Phi) is 6.39. The van der Waals surface area contributed by atoms with Crippen molar-refractivity contribution < 1.29 is 19.1 Å². The van der Waals surface area contributed by atoms with Crippen molar-refractivity contribution in [2.75, 3.05) is 6.61 Å². The molecule has 0 radical (unpaired) electrons. The Morgan fingerprint density at radius 3 is 2.41 bits per heavy atom. The van der Waals surface area contributed by atoms with Crippen molar-refractivity contribution in [1.29, 1.82) is 0 Å². The first-order valence-electron chi connectivity index (χ1n) is 8.99. The summed E-state index contributed by atoms with van der Waals surface area (Å²) in [6.07, 6.45) is 1.12. The van der Waals surface area contributed by atoms with Crippen LogP contribution in [0.2, 0.25) is 0 Å². The zero-order chi connectivity index (χ0) is 19.1. The molecule has 1 aliphatic heterocycles. The highest BCUT2D eigenvalue weighted by Crippen LogP contribution is 2.21. The maximum atomic E-state index is 13.0. The number of carbonyl (C=O) groups excluding carboxylic acids is 2. The quantitative estimate of drug-likeness (QED) is 0.669. The topological polar surface area (TPSA) is 55.8 Å². The zero-order valence-electron chi connectivity index (χ0n) is 15.1. The summed E-state index contributed by atoms with van der Waals surface area (Å²) < 4.78 is 11.0. The van der Waals surface area contributed by atoms with Crippen LogP contribution in [0.15, 0.2) is 73.3 Å². The standard InChI is InChI=1S/C22H23NO4/c1-2-9-20(26-15-18-12-7-4-8-13-18)21(24)23-19(16-27-22(23)25)14-17-10-5-3-6-11-17/h2-8,10-13,19-20H,1,9,14-16H2. The number of benzene rings is 2. The van der Waals surface area contributed by atoms with E-state index in [1.54, 1.807) is 6.08 Å². The third-order valence-electron chi connectivity index (χ3n) is 4.46. The highest BCUT2D eigenvalue weighted by atomic mass is 16.6. The van der Waals surface area contributed by atoms with E-state index in [1.165, 1.54) is 4.90 Å². The molecular formula is C22H23NO4. The minimum atomic E-state index is -0.772. The first-order chi connectivity index (χ1) is 13.2. The van der Waals surface area contributed by atoms with Crippen LogP contribution < -0.4 is 0 Å². The van der Waals surface area contributed by atoms with Gasteiger partial charge in [0.05, 0.1) is 12.6 Å². The van der Waals surface area contributed by atoms with E-state index in [2.05, 4.69) is 6.58 Å². The first-order valence-corrected chi connectivity index (χ1v) is 8.99. The molecule has 0 saturated carbocycles. The van der Waals surface area contributed by atoms with Crippen LogP contribution in [0.1, 0.15) is 17.5 Å². The van der Waals surface area contributed by atoms with Gasteiger partial charge in [-0.2, -0.15) is 0 Å². The number of hydrogen-bond acceptors (Lipinski definition) is 4. The molecule has 2 atom stereocenters. The minimum absolute atomic E-state index is 0.193. The third-order valence-corrected chi connectivity index (χ3v) is 4.46. The SMILES string of the molecule is C=CCC(OCc1ccccc1)C(=O)N1C(=O)OCC1Cc1ccccc1. The summed E-state index contributed by atoms with van der Waals surface area (Å²) in [4.78, 5) is 26.4. The summed E-state index contributed by atoms with van der Waals surface area (Å²) in [6, 6.07) is 19.0. The molecule has 140 valence electrons. The number of ether oxygens (including phenoxy) is 2. The summed E-state index contributed by atoms with van der Waals surface area (Å²) >= 11 is 0. The fourth-order valence-corrected chi connectivity index (χ4v) is 3.08. The van der Waals surface area contributed by atoms with Crippen LogP contribution in [0, 0.1) is 0 Å². The van der Waals surface area contributed by atoms with Crippen LogP contribution in [0.5, 0.6) is 0 Å². The van der Waals surface area contributed by atoms with E-state index < -0.39 is 12.2 Å². The average Bonchev–Trinajstić information content (AvgIpc) is 3.06. The summed E-state index contributed by atoms with van der Waals surface area (Å²) in [5, 5.41) is 0. The fraction of sp³-hybridized carbons (Fsp3) is 0.273. The van der Waals surface area contributed by atoms with Crippen LogP contribution in [0.3, 0.4) is 0 Å². The Bertz CT molecular complexity index is 775. The van der Waals surface area contributed by atoms with Gasteiger partial charge in [-0.1, -0.05) is 66.7 Å². The molecule has 0 bridgehead atoms. The summed E-state index contributed by atoms with van der Waals surface area (Å²) in [5.41, 5.74) is 2.01. The summed E-state index contributed by atoms with van der Waals surface area (Å²) in [6.45, 7) is 4.19. The van der Waals surface area contributed by atoms with Crippen molar-refractivity contribution in [3.05, 3.63) is 84.4 Å². The predicted octanol–water partition coefficient (Wildman–Crippen LogP) is 3.74. The van der Waals surface area contributed by atoms with Gasteiger partial charge in [-0.15, -0.1) is 6.58 Å². The predicted molar refractivity (Wildman–Crippen MR) is 102 cm³/mol. The van der Waals surface area contributed by atoms with Crippen molar-refractivity contribution in [1.82, 2.24) is 4.90 Å². The van der Waals surface area contributed by atoms with Crippen LogP contribution in [-0.2, 0) is 27.3 Å². The Morgan fingerprint density at radius 2 is 1.78 bits per heavy atom. The zero-order valence-corrected chi connectivity index (χ0v) is 15.1. The number of nitrogens with zero attached hydrogens (tertiary/aromatic N) is 1. The highest BCUT2D eigenvalue weighted by Gasteiger charge is 2.40. The molecule has 0 N–H and O–H groups in total. The Morgan fingerprint density at radius 1 is 1.15 bits per heavy atom. The lowest BCUT2D eigenvalue weighted by atomic mass is 10.1. The molecule has 2 aromatic carbocycles. The van der Waals surface area contributed by atoms with E-state index in [9.17, 15) is 9.59 Å². The number of rotatable bonds is 8. The van der Waals surface area contributed by atoms with E-state index in [-0.39, 0.29) is 25.2 Å². The van der Waals surface area contributed by atoms with Gasteiger partial charge in [0, 0.05) is 6.42 Å². The van der Waals surface area contributed by atoms with Crippen LogP contribution in [0.25, 0.3) is 0 Å². The second-order valence-electron chi connectivity index (χ2n) is 6.44. The molecule has 5 nitrogen and oxygen atoms in total. The monoisotopic (exact) mass is 365 g/mol. The van der Waals surface area contributed by atoms with Gasteiger partial charge < -0.3 is 9.47 Å². The number of imide groups is 1. The lowest BCUT2D eigenvalue weighted by molar-refractivity contribution is -0.142. The van der Waals surface area contributed by atoms with Gasteiger partial charge in [0.2, 0.25) is 0 Å². The Hall–Kier alpha value is -2.92. The first kappa shape index (κ1) is 18.9. The van der Waals surface area contributed by atoms with Gasteiger partial charge in [-0.05, 0) is 17.5 Å². The molecule has 0 aliphatic carbocycles. The average molecular weight is 365 g/mol. The Labute approximate surface area is 159 Å². The third kappa shape index (κ3) is 4.83. The van der Waals surface area contributed by atoms with E-state index >= 15 is 0 Å². The summed E-state index contributed by atoms with van der Waals surface area (Å²) in [7, 11) is 0. The van der Waals surface area contributed by atoms with Crippen molar-refractivity contribution in [3.8, 4) is 0 Å². The second kappa shape index (κ2) is 9.14. The van der Waals surface area contributed by atoms with Gasteiger partial charge >= 0.3 is 6.09 Å². The normalized spacial score (nSPS) is 17.4. The van der Waals surface area contributed by atoms with Gasteiger partial charge in [-0.3, -0.25) is 4.79 Å². The molecule has 2 unspecified atom stereocenters. The maximum absolute atomic E-state index is 13.0. The maximum Gasteiger partial charge on any atom is 0.417 e. The molecular weight excluding hydrogens is 342 g/mol. The molecule has 27 heavy (non-hydrogen) atoms. The second-order valence-corrected chi connectivity index (χ2v) is 6.44. The van der Waals surface area contributed by atoms with Gasteiger partial charge in [0.1, 0.15) is 12.7 Å². The van der Waals surface area contributed by atoms with Crippen LogP contribution >= 0.6 is 0 Å². The molecule has 3 rings (SSSR count). The molecule has 1 heterocycles. The van der Waals surface area contributed by atoms with Crippen molar-refractivity contribution in [2.24, 2.45) is 0 Å². The molecule has 1 fully saturated rings. The lowest BCUT2D eigenvalue weighted by Gasteiger charge is -2.24. The van der Waals surface area contributed by atoms with E-state index in [0.717, 1.165) is 11.1 Å². The fourth-order valence-electron chi connectivity index (χ4n) is 3.08. The lowest BCUT2D eigenvalue weighted by Crippen LogP contribution is -2.46. The van der Waals surface area contributed by atoms with Gasteiger partial charge in [0.25, 0.3) is 5.91 Å². The van der Waals surface area contributed by atoms with Gasteiger partial charge in [-0.25, -0.2) is 9.69 Å². The Balaban J connectivity index is 1.70. The molecule has 5 heteroatoms. The van der Waals surface area contributed by atoms with E-state index in [0.29, 0.717) is 12.8 Å². The van der Waals surface area contributed by atoms with Crippen molar-refractivity contribution in [3.63, 3.8) is 0 Å². The van der Waals surface area contributed by atoms with Crippen molar-refractivity contribution in [2.45, 2.75) is 31.6 Å². The molecule has 1 saturated heterocycles. The number of carbonyl (C=O) groups is 2. The molecule has 0 aromatic heterocycles. The smallest absolute Gasteiger partial charge is 0.417 e. The largest absolute Gasteiger partial charge is 0.447 e. The van der Waals surface area contributed by atoms with Crippen LogP contribution in [0.4, 0.5) is 4.79 Å².